The zero-order valence-electron chi connectivity index (χ0n) is 13.1. The molecule has 25 heavy (non-hydrogen) atoms. The van der Waals surface area contributed by atoms with E-state index in [2.05, 4.69) is 5.32 Å². The van der Waals surface area contributed by atoms with E-state index in [1.165, 1.54) is 12.1 Å². The van der Waals surface area contributed by atoms with Crippen LogP contribution in [0.15, 0.2) is 66.0 Å². The van der Waals surface area contributed by atoms with E-state index < -0.39 is 5.82 Å². The first-order valence-corrected chi connectivity index (χ1v) is 8.85. The molecular weight excluding hydrogens is 361 g/mol. The SMILES string of the molecule is O=C(COc1ccc(F)cc1Cl)NC(c1ccccc1)c1cccs1. The maximum atomic E-state index is 13.0. The van der Waals surface area contributed by atoms with Gasteiger partial charge in [-0.1, -0.05) is 48.0 Å². The third kappa shape index (κ3) is 4.59. The van der Waals surface area contributed by atoms with Crippen molar-refractivity contribution in [1.82, 2.24) is 5.32 Å². The number of amides is 1. The van der Waals surface area contributed by atoms with Gasteiger partial charge in [0, 0.05) is 4.88 Å². The molecule has 1 amide bonds. The van der Waals surface area contributed by atoms with Crippen molar-refractivity contribution in [3.63, 3.8) is 0 Å². The van der Waals surface area contributed by atoms with E-state index >= 15 is 0 Å². The Bertz CT molecular complexity index is 840. The van der Waals surface area contributed by atoms with E-state index in [4.69, 9.17) is 16.3 Å². The second kappa shape index (κ2) is 8.14. The first-order chi connectivity index (χ1) is 12.1. The van der Waals surface area contributed by atoms with Gasteiger partial charge in [0.25, 0.3) is 5.91 Å². The van der Waals surface area contributed by atoms with Gasteiger partial charge in [0.05, 0.1) is 11.1 Å². The molecule has 128 valence electrons. The molecule has 0 fully saturated rings. The molecule has 0 saturated heterocycles. The van der Waals surface area contributed by atoms with Crippen molar-refractivity contribution in [2.45, 2.75) is 6.04 Å². The fraction of sp³-hybridized carbons (Fsp3) is 0.105. The van der Waals surface area contributed by atoms with Crippen LogP contribution in [0.4, 0.5) is 4.39 Å². The number of benzene rings is 2. The summed E-state index contributed by atoms with van der Waals surface area (Å²) in [6.45, 7) is -0.208. The van der Waals surface area contributed by atoms with Crippen LogP contribution in [0.5, 0.6) is 5.75 Å². The van der Waals surface area contributed by atoms with E-state index in [9.17, 15) is 9.18 Å². The Morgan fingerprint density at radius 3 is 2.64 bits per heavy atom. The average molecular weight is 376 g/mol. The zero-order valence-corrected chi connectivity index (χ0v) is 14.7. The molecule has 0 aliphatic rings. The van der Waals surface area contributed by atoms with Gasteiger partial charge in [0.1, 0.15) is 11.6 Å². The lowest BCUT2D eigenvalue weighted by Crippen LogP contribution is -2.32. The largest absolute Gasteiger partial charge is 0.482 e. The monoisotopic (exact) mass is 375 g/mol. The molecule has 0 spiro atoms. The number of hydrogen-bond donors (Lipinski definition) is 1. The Morgan fingerprint density at radius 2 is 1.96 bits per heavy atom. The first-order valence-electron chi connectivity index (χ1n) is 7.59. The van der Waals surface area contributed by atoms with Crippen LogP contribution >= 0.6 is 22.9 Å². The minimum atomic E-state index is -0.455. The van der Waals surface area contributed by atoms with E-state index in [0.29, 0.717) is 0 Å². The predicted octanol–water partition coefficient (Wildman–Crippen LogP) is 4.83. The van der Waals surface area contributed by atoms with Gasteiger partial charge in [-0.3, -0.25) is 4.79 Å². The van der Waals surface area contributed by atoms with Gasteiger partial charge in [-0.25, -0.2) is 4.39 Å². The standard InChI is InChI=1S/C19H15ClFNO2S/c20-15-11-14(21)8-9-16(15)24-12-18(23)22-19(17-7-4-10-25-17)13-5-2-1-3-6-13/h1-11,19H,12H2,(H,22,23). The summed E-state index contributed by atoms with van der Waals surface area (Å²) in [7, 11) is 0. The lowest BCUT2D eigenvalue weighted by atomic mass is 10.1. The molecule has 3 aromatic rings. The number of nitrogens with one attached hydrogen (secondary N) is 1. The van der Waals surface area contributed by atoms with Gasteiger partial charge in [-0.15, -0.1) is 11.3 Å². The van der Waals surface area contributed by atoms with Crippen molar-refractivity contribution in [2.75, 3.05) is 6.61 Å². The van der Waals surface area contributed by atoms with Crippen molar-refractivity contribution in [2.24, 2.45) is 0 Å². The molecule has 3 nitrogen and oxygen atoms in total. The van der Waals surface area contributed by atoms with Crippen molar-refractivity contribution in [3.05, 3.63) is 87.3 Å². The van der Waals surface area contributed by atoms with Crippen molar-refractivity contribution in [3.8, 4) is 5.75 Å². The number of halogens is 2. The fourth-order valence-corrected chi connectivity index (χ4v) is 3.38. The van der Waals surface area contributed by atoms with Crippen LogP contribution in [0.2, 0.25) is 5.02 Å². The zero-order chi connectivity index (χ0) is 17.6. The van der Waals surface area contributed by atoms with Crippen LogP contribution in [0, 0.1) is 5.82 Å². The summed E-state index contributed by atoms with van der Waals surface area (Å²) < 4.78 is 18.4. The van der Waals surface area contributed by atoms with Gasteiger partial charge >= 0.3 is 0 Å². The highest BCUT2D eigenvalue weighted by Crippen LogP contribution is 2.27. The third-order valence-electron chi connectivity index (χ3n) is 3.52. The van der Waals surface area contributed by atoms with E-state index in [1.807, 2.05) is 47.8 Å². The summed E-state index contributed by atoms with van der Waals surface area (Å²) in [5.74, 6) is -0.475. The van der Waals surface area contributed by atoms with Crippen molar-refractivity contribution >= 4 is 28.8 Å². The molecule has 0 radical (unpaired) electrons. The fourth-order valence-electron chi connectivity index (χ4n) is 2.36. The summed E-state index contributed by atoms with van der Waals surface area (Å²) in [6, 6.07) is 17.1. The van der Waals surface area contributed by atoms with Gasteiger partial charge in [-0.05, 0) is 35.2 Å². The Labute approximate surface area is 154 Å². The van der Waals surface area contributed by atoms with Crippen LogP contribution in [0.3, 0.4) is 0 Å². The number of carbonyl (C=O) groups is 1. The van der Waals surface area contributed by atoms with Crippen molar-refractivity contribution in [1.29, 1.82) is 0 Å². The van der Waals surface area contributed by atoms with Crippen molar-refractivity contribution < 1.29 is 13.9 Å². The second-order valence-electron chi connectivity index (χ2n) is 5.29. The highest BCUT2D eigenvalue weighted by Gasteiger charge is 2.18. The maximum Gasteiger partial charge on any atom is 0.258 e. The van der Waals surface area contributed by atoms with Gasteiger partial charge in [-0.2, -0.15) is 0 Å². The topological polar surface area (TPSA) is 38.3 Å². The summed E-state index contributed by atoms with van der Waals surface area (Å²) in [5.41, 5.74) is 0.984. The van der Waals surface area contributed by atoms with Gasteiger partial charge in [0.2, 0.25) is 0 Å². The summed E-state index contributed by atoms with van der Waals surface area (Å²) in [4.78, 5) is 13.4. The predicted molar refractivity (Wildman–Crippen MR) is 97.7 cm³/mol. The van der Waals surface area contributed by atoms with E-state index in [1.54, 1.807) is 11.3 Å². The number of carbonyl (C=O) groups excluding carboxylic acids is 1. The van der Waals surface area contributed by atoms with E-state index in [-0.39, 0.29) is 29.3 Å². The number of hydrogen-bond acceptors (Lipinski definition) is 3. The average Bonchev–Trinajstić information content (AvgIpc) is 3.14. The lowest BCUT2D eigenvalue weighted by Gasteiger charge is -2.18. The molecule has 0 saturated carbocycles. The van der Waals surface area contributed by atoms with E-state index in [0.717, 1.165) is 16.5 Å². The quantitative estimate of drug-likeness (QED) is 0.670. The maximum absolute atomic E-state index is 13.0. The highest BCUT2D eigenvalue weighted by molar-refractivity contribution is 7.10. The third-order valence-corrected chi connectivity index (χ3v) is 4.75. The molecule has 1 aromatic heterocycles. The van der Waals surface area contributed by atoms with Crippen LogP contribution in [-0.2, 0) is 4.79 Å². The summed E-state index contributed by atoms with van der Waals surface area (Å²) in [6.07, 6.45) is 0. The molecule has 1 unspecified atom stereocenters. The minimum absolute atomic E-state index is 0.130. The Morgan fingerprint density at radius 1 is 1.16 bits per heavy atom. The smallest absolute Gasteiger partial charge is 0.258 e. The molecule has 0 aliphatic heterocycles. The Kier molecular flexibility index (Phi) is 5.68. The molecule has 1 N–H and O–H groups in total. The van der Waals surface area contributed by atoms with Crippen LogP contribution in [-0.4, -0.2) is 12.5 Å². The molecule has 6 heteroatoms. The van der Waals surface area contributed by atoms with Crippen LogP contribution < -0.4 is 10.1 Å². The molecule has 0 bridgehead atoms. The Hall–Kier alpha value is -2.37. The molecular formula is C19H15ClFNO2S. The van der Waals surface area contributed by atoms with Crippen LogP contribution in [0.25, 0.3) is 0 Å². The summed E-state index contributed by atoms with van der Waals surface area (Å²) in [5, 5.41) is 5.06. The molecule has 1 heterocycles. The molecule has 1 atom stereocenters. The van der Waals surface area contributed by atoms with Gasteiger partial charge in [0.15, 0.2) is 6.61 Å². The van der Waals surface area contributed by atoms with Gasteiger partial charge < -0.3 is 10.1 Å². The lowest BCUT2D eigenvalue weighted by molar-refractivity contribution is -0.123. The number of ether oxygens (including phenoxy) is 1. The second-order valence-corrected chi connectivity index (χ2v) is 6.68. The molecule has 0 aliphatic carbocycles. The summed E-state index contributed by atoms with van der Waals surface area (Å²) >= 11 is 7.47. The molecule has 3 rings (SSSR count). The normalized spacial score (nSPS) is 11.8. The first kappa shape index (κ1) is 17.5. The minimum Gasteiger partial charge on any atom is -0.482 e. The number of thiophene rings is 1. The highest BCUT2D eigenvalue weighted by atomic mass is 35.5. The number of rotatable bonds is 6. The van der Waals surface area contributed by atoms with Crippen LogP contribution in [0.1, 0.15) is 16.5 Å². The Balaban J connectivity index is 1.68. The molecule has 2 aromatic carbocycles.